The molecule has 0 fully saturated rings. The van der Waals surface area contributed by atoms with Crippen molar-refractivity contribution in [3.63, 3.8) is 0 Å². The van der Waals surface area contributed by atoms with E-state index in [0.29, 0.717) is 6.07 Å². The Kier molecular flexibility index (Phi) is 4.55. The SMILES string of the molecule is C=CCN(c1ccc(F)cc1F)S(=O)(=O)c1ccc2ccccc2c1. The molecule has 0 aliphatic heterocycles. The fraction of sp³-hybridized carbons (Fsp3) is 0.0526. The lowest BCUT2D eigenvalue weighted by molar-refractivity contribution is 0.575. The molecule has 3 rings (SSSR count). The Labute approximate surface area is 144 Å². The van der Waals surface area contributed by atoms with Crippen LogP contribution < -0.4 is 4.31 Å². The molecule has 0 N–H and O–H groups in total. The Balaban J connectivity index is 2.14. The molecule has 0 bridgehead atoms. The predicted molar refractivity (Wildman–Crippen MR) is 95.0 cm³/mol. The van der Waals surface area contributed by atoms with Crippen molar-refractivity contribution >= 4 is 26.5 Å². The maximum Gasteiger partial charge on any atom is 0.264 e. The van der Waals surface area contributed by atoms with Crippen LogP contribution in [0.25, 0.3) is 10.8 Å². The average Bonchev–Trinajstić information content (AvgIpc) is 2.60. The second-order valence-electron chi connectivity index (χ2n) is 5.43. The van der Waals surface area contributed by atoms with Gasteiger partial charge in [-0.25, -0.2) is 17.2 Å². The van der Waals surface area contributed by atoms with Gasteiger partial charge < -0.3 is 0 Å². The van der Waals surface area contributed by atoms with Crippen LogP contribution in [-0.4, -0.2) is 15.0 Å². The molecule has 0 aliphatic carbocycles. The van der Waals surface area contributed by atoms with E-state index in [9.17, 15) is 17.2 Å². The molecular weight excluding hydrogens is 344 g/mol. The maximum absolute atomic E-state index is 14.1. The fourth-order valence-electron chi connectivity index (χ4n) is 2.58. The average molecular weight is 359 g/mol. The van der Waals surface area contributed by atoms with Gasteiger partial charge in [-0.3, -0.25) is 4.31 Å². The molecular formula is C19H15F2NO2S. The molecule has 3 aromatic carbocycles. The van der Waals surface area contributed by atoms with Crippen LogP contribution in [0.15, 0.2) is 78.2 Å². The molecule has 0 heterocycles. The van der Waals surface area contributed by atoms with Gasteiger partial charge in [0.05, 0.1) is 17.1 Å². The number of halogens is 2. The van der Waals surface area contributed by atoms with Gasteiger partial charge >= 0.3 is 0 Å². The van der Waals surface area contributed by atoms with E-state index in [-0.39, 0.29) is 17.1 Å². The van der Waals surface area contributed by atoms with Gasteiger partial charge in [0.2, 0.25) is 0 Å². The highest BCUT2D eigenvalue weighted by Crippen LogP contribution is 2.28. The molecule has 128 valence electrons. The van der Waals surface area contributed by atoms with Crippen molar-refractivity contribution in [3.8, 4) is 0 Å². The highest BCUT2D eigenvalue weighted by Gasteiger charge is 2.26. The first-order chi connectivity index (χ1) is 11.9. The largest absolute Gasteiger partial charge is 0.264 e. The van der Waals surface area contributed by atoms with E-state index < -0.39 is 21.7 Å². The third-order valence-corrected chi connectivity index (χ3v) is 5.56. The van der Waals surface area contributed by atoms with E-state index in [1.165, 1.54) is 18.2 Å². The van der Waals surface area contributed by atoms with Gasteiger partial charge in [0.25, 0.3) is 10.0 Å². The predicted octanol–water partition coefficient (Wildman–Crippen LogP) is 4.50. The molecule has 25 heavy (non-hydrogen) atoms. The van der Waals surface area contributed by atoms with Crippen LogP contribution in [-0.2, 0) is 10.0 Å². The van der Waals surface area contributed by atoms with Crippen LogP contribution in [0, 0.1) is 11.6 Å². The van der Waals surface area contributed by atoms with Crippen LogP contribution in [0.4, 0.5) is 14.5 Å². The Bertz CT molecular complexity index is 1050. The van der Waals surface area contributed by atoms with Crippen molar-refractivity contribution < 1.29 is 17.2 Å². The van der Waals surface area contributed by atoms with E-state index in [0.717, 1.165) is 27.2 Å². The lowest BCUT2D eigenvalue weighted by atomic mass is 10.1. The van der Waals surface area contributed by atoms with Gasteiger partial charge in [-0.2, -0.15) is 0 Å². The summed E-state index contributed by atoms with van der Waals surface area (Å²) in [7, 11) is -4.04. The van der Waals surface area contributed by atoms with E-state index in [2.05, 4.69) is 6.58 Å². The molecule has 6 heteroatoms. The second kappa shape index (κ2) is 6.64. The zero-order chi connectivity index (χ0) is 18.0. The number of hydrogen-bond donors (Lipinski definition) is 0. The number of anilines is 1. The lowest BCUT2D eigenvalue weighted by Crippen LogP contribution is -2.32. The molecule has 3 aromatic rings. The van der Waals surface area contributed by atoms with E-state index in [1.807, 2.05) is 12.1 Å². The van der Waals surface area contributed by atoms with Gasteiger partial charge in [-0.15, -0.1) is 6.58 Å². The Morgan fingerprint density at radius 3 is 2.36 bits per heavy atom. The number of nitrogens with zero attached hydrogens (tertiary/aromatic N) is 1. The molecule has 0 saturated carbocycles. The summed E-state index contributed by atoms with van der Waals surface area (Å²) in [6.07, 6.45) is 1.35. The molecule has 0 unspecified atom stereocenters. The fourth-order valence-corrected chi connectivity index (χ4v) is 4.06. The zero-order valence-corrected chi connectivity index (χ0v) is 14.0. The topological polar surface area (TPSA) is 37.4 Å². The summed E-state index contributed by atoms with van der Waals surface area (Å²) in [5.74, 6) is -1.73. The van der Waals surface area contributed by atoms with E-state index in [4.69, 9.17) is 0 Å². The Hall–Kier alpha value is -2.73. The summed E-state index contributed by atoms with van der Waals surface area (Å²) in [4.78, 5) is 0.0248. The van der Waals surface area contributed by atoms with Gasteiger partial charge in [0, 0.05) is 6.07 Å². The zero-order valence-electron chi connectivity index (χ0n) is 13.2. The first kappa shape index (κ1) is 17.1. The number of rotatable bonds is 5. The molecule has 0 saturated heterocycles. The molecule has 0 aliphatic rings. The minimum Gasteiger partial charge on any atom is -0.260 e. The van der Waals surface area contributed by atoms with Crippen LogP contribution in [0.3, 0.4) is 0 Å². The molecule has 0 atom stereocenters. The molecule has 0 spiro atoms. The summed E-state index contributed by atoms with van der Waals surface area (Å²) >= 11 is 0. The summed E-state index contributed by atoms with van der Waals surface area (Å²) < 4.78 is 54.2. The summed E-state index contributed by atoms with van der Waals surface area (Å²) in [5.41, 5.74) is -0.227. The van der Waals surface area contributed by atoms with Crippen LogP contribution in [0.5, 0.6) is 0 Å². The number of hydrogen-bond acceptors (Lipinski definition) is 2. The number of sulfonamides is 1. The first-order valence-corrected chi connectivity index (χ1v) is 8.95. The Morgan fingerprint density at radius 1 is 0.960 bits per heavy atom. The molecule has 0 radical (unpaired) electrons. The highest BCUT2D eigenvalue weighted by molar-refractivity contribution is 7.92. The minimum absolute atomic E-state index is 0.0248. The lowest BCUT2D eigenvalue weighted by Gasteiger charge is -2.23. The normalized spacial score (nSPS) is 11.4. The molecule has 0 aromatic heterocycles. The van der Waals surface area contributed by atoms with Crippen molar-refractivity contribution in [3.05, 3.63) is 85.0 Å². The van der Waals surface area contributed by atoms with Crippen molar-refractivity contribution in [2.45, 2.75) is 4.90 Å². The van der Waals surface area contributed by atoms with Crippen LogP contribution >= 0.6 is 0 Å². The quantitative estimate of drug-likeness (QED) is 0.629. The van der Waals surface area contributed by atoms with E-state index >= 15 is 0 Å². The third-order valence-electron chi connectivity index (χ3n) is 3.78. The molecule has 0 amide bonds. The van der Waals surface area contributed by atoms with Crippen molar-refractivity contribution in [1.82, 2.24) is 0 Å². The standard InChI is InChI=1S/C19H15F2NO2S/c1-2-11-22(19-10-8-16(20)13-18(19)21)25(23,24)17-9-7-14-5-3-4-6-15(14)12-17/h2-10,12-13H,1,11H2. The van der Waals surface area contributed by atoms with Gasteiger partial charge in [-0.1, -0.05) is 36.4 Å². The van der Waals surface area contributed by atoms with Crippen molar-refractivity contribution in [2.24, 2.45) is 0 Å². The third kappa shape index (κ3) is 3.25. The first-order valence-electron chi connectivity index (χ1n) is 7.51. The summed E-state index contributed by atoms with van der Waals surface area (Å²) in [6, 6.07) is 14.8. The van der Waals surface area contributed by atoms with Gasteiger partial charge in [0.15, 0.2) is 0 Å². The van der Waals surface area contributed by atoms with E-state index in [1.54, 1.807) is 18.2 Å². The van der Waals surface area contributed by atoms with Crippen LogP contribution in [0.2, 0.25) is 0 Å². The number of benzene rings is 3. The molecule has 3 nitrogen and oxygen atoms in total. The van der Waals surface area contributed by atoms with Crippen molar-refractivity contribution in [1.29, 1.82) is 0 Å². The number of fused-ring (bicyclic) bond motifs is 1. The highest BCUT2D eigenvalue weighted by atomic mass is 32.2. The van der Waals surface area contributed by atoms with Crippen molar-refractivity contribution in [2.75, 3.05) is 10.8 Å². The van der Waals surface area contributed by atoms with Gasteiger partial charge in [-0.05, 0) is 35.0 Å². The Morgan fingerprint density at radius 2 is 1.68 bits per heavy atom. The minimum atomic E-state index is -4.04. The monoisotopic (exact) mass is 359 g/mol. The second-order valence-corrected chi connectivity index (χ2v) is 7.29. The summed E-state index contributed by atoms with van der Waals surface area (Å²) in [5, 5.41) is 1.64. The van der Waals surface area contributed by atoms with Gasteiger partial charge in [0.1, 0.15) is 11.6 Å². The smallest absolute Gasteiger partial charge is 0.260 e. The maximum atomic E-state index is 14.1. The van der Waals surface area contributed by atoms with Crippen LogP contribution in [0.1, 0.15) is 0 Å². The summed E-state index contributed by atoms with van der Waals surface area (Å²) in [6.45, 7) is 3.39.